The van der Waals surface area contributed by atoms with Crippen LogP contribution in [0.15, 0.2) is 0 Å². The van der Waals surface area contributed by atoms with Crippen molar-refractivity contribution in [3.8, 4) is 0 Å². The maximum Gasteiger partial charge on any atom is 0.309 e. The Morgan fingerprint density at radius 3 is 1.50 bits per heavy atom. The van der Waals surface area contributed by atoms with E-state index < -0.39 is 12.0 Å². The number of hydrogen-bond donors (Lipinski definition) is 5. The maximum atomic E-state index is 9.00. The highest BCUT2D eigenvalue weighted by Gasteiger charge is 2.11. The van der Waals surface area contributed by atoms with Crippen LogP contribution in [0.2, 0.25) is 0 Å². The van der Waals surface area contributed by atoms with Gasteiger partial charge in [-0.25, -0.2) is 4.79 Å². The fourth-order valence-corrected chi connectivity index (χ4v) is 0. The van der Waals surface area contributed by atoms with Gasteiger partial charge in [-0.1, -0.05) is 6.92 Å². The van der Waals surface area contributed by atoms with Gasteiger partial charge >= 0.3 is 6.03 Å². The third kappa shape index (κ3) is 58.5. The summed E-state index contributed by atoms with van der Waals surface area (Å²) in [6.07, 6.45) is -0.0625. The predicted octanol–water partition coefficient (Wildman–Crippen LogP) is -1.95. The van der Waals surface area contributed by atoms with E-state index in [-0.39, 0.29) is 6.42 Å². The summed E-state index contributed by atoms with van der Waals surface area (Å²) < 4.78 is 0. The van der Waals surface area contributed by atoms with Gasteiger partial charge in [0.15, 0.2) is 0 Å². The molecule has 0 aromatic rings. The molecule has 0 fully saturated rings. The molecule has 0 unspecified atom stereocenters. The number of primary amides is 2. The van der Waals surface area contributed by atoms with E-state index >= 15 is 0 Å². The lowest BCUT2D eigenvalue weighted by atomic mass is 10.4. The standard InChI is InChI=1S/C3H8O3.CH4N2O/c1-2-3(4,5)6;2-1(3)4/h4-6H,2H2,1H3;(H4,2,3,4). The molecule has 0 spiro atoms. The minimum Gasteiger partial charge on any atom is -0.352 e. The van der Waals surface area contributed by atoms with Crippen molar-refractivity contribution < 1.29 is 20.1 Å². The van der Waals surface area contributed by atoms with Gasteiger partial charge in [-0.2, -0.15) is 0 Å². The fraction of sp³-hybridized carbons (Fsp3) is 0.750. The molecule has 0 saturated carbocycles. The molecule has 0 bridgehead atoms. The van der Waals surface area contributed by atoms with Crippen molar-refractivity contribution in [1.82, 2.24) is 0 Å². The van der Waals surface area contributed by atoms with Crippen molar-refractivity contribution >= 4 is 6.03 Å². The number of carbonyl (C=O) groups is 1. The van der Waals surface area contributed by atoms with Crippen molar-refractivity contribution in [1.29, 1.82) is 0 Å². The number of nitrogens with two attached hydrogens (primary N) is 2. The van der Waals surface area contributed by atoms with Crippen LogP contribution in [-0.4, -0.2) is 27.3 Å². The fourth-order valence-electron chi connectivity index (χ4n) is 0. The van der Waals surface area contributed by atoms with Crippen LogP contribution in [0.25, 0.3) is 0 Å². The van der Waals surface area contributed by atoms with E-state index in [4.69, 9.17) is 20.1 Å². The summed E-state index contributed by atoms with van der Waals surface area (Å²) in [6, 6.07) is -0.833. The first-order valence-electron chi connectivity index (χ1n) is 2.51. The highest BCUT2D eigenvalue weighted by atomic mass is 16.7. The Morgan fingerprint density at radius 1 is 1.40 bits per heavy atom. The molecule has 0 aromatic carbocycles. The van der Waals surface area contributed by atoms with Crippen LogP contribution in [0.1, 0.15) is 13.3 Å². The van der Waals surface area contributed by atoms with Crippen LogP contribution in [0.3, 0.4) is 0 Å². The first kappa shape index (κ1) is 11.9. The molecule has 6 nitrogen and oxygen atoms in total. The van der Waals surface area contributed by atoms with E-state index in [1.54, 1.807) is 0 Å². The Bertz CT molecular complexity index is 93.9. The number of aliphatic hydroxyl groups is 3. The molecule has 0 aromatic heterocycles. The van der Waals surface area contributed by atoms with E-state index in [1.165, 1.54) is 6.92 Å². The minimum atomic E-state index is -2.46. The van der Waals surface area contributed by atoms with Gasteiger partial charge in [-0.05, 0) is 0 Å². The Labute approximate surface area is 58.1 Å². The molecular weight excluding hydrogens is 140 g/mol. The second-order valence-electron chi connectivity index (χ2n) is 1.53. The van der Waals surface area contributed by atoms with Crippen LogP contribution in [0, 0.1) is 0 Å². The quantitative estimate of drug-likeness (QED) is 0.279. The Hall–Kier alpha value is -0.850. The SMILES string of the molecule is CCC(O)(O)O.NC(N)=O. The number of urea groups is 1. The summed E-state index contributed by atoms with van der Waals surface area (Å²) in [5.41, 5.74) is 8.50. The van der Waals surface area contributed by atoms with Gasteiger partial charge in [-0.15, -0.1) is 0 Å². The van der Waals surface area contributed by atoms with Crippen LogP contribution < -0.4 is 11.5 Å². The molecule has 0 saturated heterocycles. The van der Waals surface area contributed by atoms with Crippen LogP contribution in [-0.2, 0) is 0 Å². The molecule has 0 atom stereocenters. The largest absolute Gasteiger partial charge is 0.352 e. The molecule has 6 heteroatoms. The molecule has 0 radical (unpaired) electrons. The van der Waals surface area contributed by atoms with E-state index in [0.717, 1.165) is 0 Å². The monoisotopic (exact) mass is 152 g/mol. The van der Waals surface area contributed by atoms with Crippen molar-refractivity contribution in [3.05, 3.63) is 0 Å². The lowest BCUT2D eigenvalue weighted by Crippen LogP contribution is -2.24. The second-order valence-corrected chi connectivity index (χ2v) is 1.53. The molecule has 0 aliphatic rings. The zero-order chi connectivity index (χ0) is 8.78. The minimum absolute atomic E-state index is 0.0625. The Balaban J connectivity index is 0. The molecule has 0 heterocycles. The van der Waals surface area contributed by atoms with Crippen LogP contribution in [0.5, 0.6) is 0 Å². The Kier molecular flexibility index (Phi) is 5.92. The first-order valence-corrected chi connectivity index (χ1v) is 2.51. The van der Waals surface area contributed by atoms with Crippen LogP contribution in [0.4, 0.5) is 4.79 Å². The lowest BCUT2D eigenvalue weighted by Gasteiger charge is -2.08. The van der Waals surface area contributed by atoms with Gasteiger partial charge in [0.1, 0.15) is 0 Å². The number of hydrogen-bond acceptors (Lipinski definition) is 4. The zero-order valence-electron chi connectivity index (χ0n) is 5.61. The predicted molar refractivity (Wildman–Crippen MR) is 33.4 cm³/mol. The normalized spacial score (nSPS) is 9.60. The van der Waals surface area contributed by atoms with Crippen LogP contribution >= 0.6 is 0 Å². The first-order chi connectivity index (χ1) is 4.29. The average molecular weight is 152 g/mol. The van der Waals surface area contributed by atoms with E-state index in [2.05, 4.69) is 11.5 Å². The smallest absolute Gasteiger partial charge is 0.309 e. The highest BCUT2D eigenvalue weighted by molar-refractivity contribution is 5.69. The molecule has 0 aliphatic carbocycles. The second kappa shape index (κ2) is 4.98. The molecule has 10 heavy (non-hydrogen) atoms. The van der Waals surface area contributed by atoms with Gasteiger partial charge < -0.3 is 26.8 Å². The van der Waals surface area contributed by atoms with Crippen molar-refractivity contribution in [2.24, 2.45) is 11.5 Å². The third-order valence-electron chi connectivity index (χ3n) is 0.474. The Morgan fingerprint density at radius 2 is 1.50 bits per heavy atom. The lowest BCUT2D eigenvalue weighted by molar-refractivity contribution is -0.312. The van der Waals surface area contributed by atoms with Gasteiger partial charge in [0, 0.05) is 6.42 Å². The summed E-state index contributed by atoms with van der Waals surface area (Å²) in [4.78, 5) is 9.00. The summed E-state index contributed by atoms with van der Waals surface area (Å²) >= 11 is 0. The van der Waals surface area contributed by atoms with E-state index in [0.29, 0.717) is 0 Å². The number of amides is 2. The summed E-state index contributed by atoms with van der Waals surface area (Å²) in [5.74, 6) is -2.46. The molecular formula is C4H12N2O4. The number of rotatable bonds is 1. The van der Waals surface area contributed by atoms with Gasteiger partial charge in [0.25, 0.3) is 5.97 Å². The molecule has 7 N–H and O–H groups in total. The topological polar surface area (TPSA) is 130 Å². The number of carbonyl (C=O) groups excluding carboxylic acids is 1. The van der Waals surface area contributed by atoms with Crippen molar-refractivity contribution in [3.63, 3.8) is 0 Å². The van der Waals surface area contributed by atoms with Gasteiger partial charge in [0.2, 0.25) is 0 Å². The summed E-state index contributed by atoms with van der Waals surface area (Å²) in [5, 5.41) is 23.8. The summed E-state index contributed by atoms with van der Waals surface area (Å²) in [7, 11) is 0. The van der Waals surface area contributed by atoms with Gasteiger partial charge in [-0.3, -0.25) is 0 Å². The van der Waals surface area contributed by atoms with Crippen molar-refractivity contribution in [2.75, 3.05) is 0 Å². The third-order valence-corrected chi connectivity index (χ3v) is 0.474. The molecule has 2 amide bonds. The average Bonchev–Trinajstić information content (AvgIpc) is 1.63. The highest BCUT2D eigenvalue weighted by Crippen LogP contribution is 1.95. The van der Waals surface area contributed by atoms with Crippen molar-refractivity contribution in [2.45, 2.75) is 19.3 Å². The maximum absolute atomic E-state index is 9.00. The van der Waals surface area contributed by atoms with Gasteiger partial charge in [0.05, 0.1) is 0 Å². The van der Waals surface area contributed by atoms with E-state index in [9.17, 15) is 0 Å². The summed E-state index contributed by atoms with van der Waals surface area (Å²) in [6.45, 7) is 1.46. The molecule has 62 valence electrons. The molecule has 0 aliphatic heterocycles. The van der Waals surface area contributed by atoms with E-state index in [1.807, 2.05) is 0 Å². The molecule has 0 rings (SSSR count). The zero-order valence-corrected chi connectivity index (χ0v) is 5.61.